The van der Waals surface area contributed by atoms with E-state index in [1.807, 2.05) is 18.2 Å². The van der Waals surface area contributed by atoms with Crippen LogP contribution in [0.2, 0.25) is 0 Å². The molecule has 0 radical (unpaired) electrons. The number of rotatable bonds is 1. The number of nitrogens with zero attached hydrogens (tertiary/aromatic N) is 1. The van der Waals surface area contributed by atoms with Gasteiger partial charge in [0.25, 0.3) is 5.91 Å². The molecule has 0 aromatic heterocycles. The van der Waals surface area contributed by atoms with E-state index in [1.54, 1.807) is 17.0 Å². The second-order valence-corrected chi connectivity index (χ2v) is 6.32. The average molecular weight is 238 g/mol. The van der Waals surface area contributed by atoms with Crippen molar-refractivity contribution in [2.45, 2.75) is 0 Å². The van der Waals surface area contributed by atoms with Gasteiger partial charge in [-0.25, -0.2) is 4.21 Å². The molecule has 0 bridgehead atoms. The van der Waals surface area contributed by atoms with Gasteiger partial charge in [-0.15, -0.1) is 0 Å². The third-order valence-electron chi connectivity index (χ3n) is 2.69. The third-order valence-corrected chi connectivity index (χ3v) is 4.37. The number of nitrogens with one attached hydrogen (secondary N) is 1. The molecule has 0 aliphatic carbocycles. The van der Waals surface area contributed by atoms with Crippen LogP contribution in [-0.2, 0) is 9.73 Å². The van der Waals surface area contributed by atoms with Crippen LogP contribution < -0.4 is 0 Å². The zero-order chi connectivity index (χ0) is 11.6. The highest BCUT2D eigenvalue weighted by Crippen LogP contribution is 2.09. The van der Waals surface area contributed by atoms with Gasteiger partial charge in [-0.2, -0.15) is 0 Å². The second-order valence-electron chi connectivity index (χ2n) is 3.88. The standard InChI is InChI=1S/C11H14N2O2S/c12-16(15)8-6-13(7-9-16)11(14)10-4-2-1-3-5-10/h1-5,12H,6-9H2. The Kier molecular flexibility index (Phi) is 2.96. The van der Waals surface area contributed by atoms with Crippen LogP contribution in [0.1, 0.15) is 10.4 Å². The minimum Gasteiger partial charge on any atom is -0.337 e. The van der Waals surface area contributed by atoms with E-state index in [1.165, 1.54) is 0 Å². The van der Waals surface area contributed by atoms with Gasteiger partial charge in [0.15, 0.2) is 0 Å². The molecule has 1 saturated heterocycles. The average Bonchev–Trinajstić information content (AvgIpc) is 2.29. The maximum atomic E-state index is 12.0. The lowest BCUT2D eigenvalue weighted by Crippen LogP contribution is -2.43. The lowest BCUT2D eigenvalue weighted by atomic mass is 10.2. The monoisotopic (exact) mass is 238 g/mol. The molecule has 1 N–H and O–H groups in total. The molecule has 1 aliphatic rings. The van der Waals surface area contributed by atoms with Gasteiger partial charge < -0.3 is 4.90 Å². The van der Waals surface area contributed by atoms with Crippen molar-refractivity contribution >= 4 is 15.6 Å². The Morgan fingerprint density at radius 3 is 2.31 bits per heavy atom. The van der Waals surface area contributed by atoms with E-state index in [9.17, 15) is 9.00 Å². The molecule has 5 heteroatoms. The van der Waals surface area contributed by atoms with Gasteiger partial charge >= 0.3 is 0 Å². The summed E-state index contributed by atoms with van der Waals surface area (Å²) in [6, 6.07) is 9.06. The van der Waals surface area contributed by atoms with Gasteiger partial charge in [-0.3, -0.25) is 9.57 Å². The zero-order valence-corrected chi connectivity index (χ0v) is 9.70. The van der Waals surface area contributed by atoms with Crippen molar-refractivity contribution in [2.24, 2.45) is 0 Å². The van der Waals surface area contributed by atoms with Crippen molar-refractivity contribution in [1.82, 2.24) is 4.90 Å². The number of amides is 1. The van der Waals surface area contributed by atoms with Crippen molar-refractivity contribution in [1.29, 1.82) is 4.78 Å². The lowest BCUT2D eigenvalue weighted by Gasteiger charge is -2.28. The molecule has 0 saturated carbocycles. The molecule has 4 nitrogen and oxygen atoms in total. The second kappa shape index (κ2) is 4.25. The summed E-state index contributed by atoms with van der Waals surface area (Å²) >= 11 is 0. The number of carbonyl (C=O) groups excluding carboxylic acids is 1. The predicted molar refractivity (Wildman–Crippen MR) is 62.9 cm³/mol. The molecule has 0 spiro atoms. The summed E-state index contributed by atoms with van der Waals surface area (Å²) in [6.07, 6.45) is 0. The van der Waals surface area contributed by atoms with E-state index >= 15 is 0 Å². The molecule has 1 fully saturated rings. The summed E-state index contributed by atoms with van der Waals surface area (Å²) in [5, 5.41) is 0. The summed E-state index contributed by atoms with van der Waals surface area (Å²) in [5.41, 5.74) is 0.654. The Hall–Kier alpha value is -1.36. The fraction of sp³-hybridized carbons (Fsp3) is 0.364. The van der Waals surface area contributed by atoms with Crippen LogP contribution in [0.5, 0.6) is 0 Å². The van der Waals surface area contributed by atoms with Gasteiger partial charge in [0, 0.05) is 39.9 Å². The van der Waals surface area contributed by atoms with Crippen molar-refractivity contribution in [3.63, 3.8) is 0 Å². The van der Waals surface area contributed by atoms with Crippen molar-refractivity contribution in [2.75, 3.05) is 24.6 Å². The summed E-state index contributed by atoms with van der Waals surface area (Å²) in [6.45, 7) is 0.853. The molecule has 1 aromatic carbocycles. The van der Waals surface area contributed by atoms with Gasteiger partial charge in [0.1, 0.15) is 0 Å². The first kappa shape index (κ1) is 11.1. The minimum atomic E-state index is -2.43. The van der Waals surface area contributed by atoms with E-state index in [2.05, 4.69) is 0 Å². The normalized spacial score (nSPS) is 19.4. The first-order valence-electron chi connectivity index (χ1n) is 5.17. The van der Waals surface area contributed by atoms with E-state index in [-0.39, 0.29) is 5.91 Å². The van der Waals surface area contributed by atoms with Crippen LogP contribution >= 0.6 is 0 Å². The summed E-state index contributed by atoms with van der Waals surface area (Å²) in [4.78, 5) is 13.7. The molecule has 1 heterocycles. The molecule has 0 unspecified atom stereocenters. The minimum absolute atomic E-state index is 0.0319. The van der Waals surface area contributed by atoms with Gasteiger partial charge in [-0.05, 0) is 12.1 Å². The fourth-order valence-corrected chi connectivity index (χ4v) is 2.93. The third kappa shape index (κ3) is 2.41. The SMILES string of the molecule is N=S1(=O)CCN(C(=O)c2ccccc2)CC1. The summed E-state index contributed by atoms with van der Waals surface area (Å²) < 4.78 is 18.9. The topological polar surface area (TPSA) is 61.2 Å². The Labute approximate surface area is 95.2 Å². The molecule has 1 aromatic rings. The first-order valence-corrected chi connectivity index (χ1v) is 7.07. The molecule has 0 atom stereocenters. The van der Waals surface area contributed by atoms with E-state index in [4.69, 9.17) is 4.78 Å². The molecular weight excluding hydrogens is 224 g/mol. The lowest BCUT2D eigenvalue weighted by molar-refractivity contribution is 0.0771. The van der Waals surface area contributed by atoms with Gasteiger partial charge in [-0.1, -0.05) is 18.2 Å². The Bertz CT molecular complexity index is 468. The number of hydrogen-bond donors (Lipinski definition) is 1. The quantitative estimate of drug-likeness (QED) is 0.798. The summed E-state index contributed by atoms with van der Waals surface area (Å²) in [7, 11) is -2.43. The number of carbonyl (C=O) groups is 1. The largest absolute Gasteiger partial charge is 0.337 e. The van der Waals surface area contributed by atoms with Gasteiger partial charge in [0.2, 0.25) is 0 Å². The highest BCUT2D eigenvalue weighted by Gasteiger charge is 2.23. The van der Waals surface area contributed by atoms with Gasteiger partial charge in [0.05, 0.1) is 0 Å². The molecular formula is C11H14N2O2S. The summed E-state index contributed by atoms with van der Waals surface area (Å²) in [5.74, 6) is 0.562. The van der Waals surface area contributed by atoms with Crippen molar-refractivity contribution in [3.8, 4) is 0 Å². The Morgan fingerprint density at radius 1 is 1.19 bits per heavy atom. The van der Waals surface area contributed by atoms with Crippen LogP contribution in [0, 0.1) is 4.78 Å². The van der Waals surface area contributed by atoms with Crippen molar-refractivity contribution in [3.05, 3.63) is 35.9 Å². The van der Waals surface area contributed by atoms with E-state index < -0.39 is 9.73 Å². The van der Waals surface area contributed by atoms with Crippen LogP contribution in [-0.4, -0.2) is 39.6 Å². The van der Waals surface area contributed by atoms with E-state index in [0.29, 0.717) is 30.2 Å². The molecule has 1 amide bonds. The van der Waals surface area contributed by atoms with Crippen LogP contribution in [0.4, 0.5) is 0 Å². The smallest absolute Gasteiger partial charge is 0.253 e. The highest BCUT2D eigenvalue weighted by atomic mass is 32.2. The van der Waals surface area contributed by atoms with Crippen molar-refractivity contribution < 1.29 is 9.00 Å². The number of hydrogen-bond acceptors (Lipinski definition) is 3. The van der Waals surface area contributed by atoms with Crippen LogP contribution in [0.25, 0.3) is 0 Å². The molecule has 86 valence electrons. The molecule has 16 heavy (non-hydrogen) atoms. The Balaban J connectivity index is 2.08. The predicted octanol–water partition coefficient (Wildman–Crippen LogP) is 1.19. The maximum Gasteiger partial charge on any atom is 0.253 e. The maximum absolute atomic E-state index is 12.0. The van der Waals surface area contributed by atoms with Crippen LogP contribution in [0.3, 0.4) is 0 Å². The fourth-order valence-electron chi connectivity index (χ4n) is 1.70. The van der Waals surface area contributed by atoms with E-state index in [0.717, 1.165) is 0 Å². The Morgan fingerprint density at radius 2 is 1.75 bits per heavy atom. The number of benzene rings is 1. The van der Waals surface area contributed by atoms with Crippen LogP contribution in [0.15, 0.2) is 30.3 Å². The highest BCUT2D eigenvalue weighted by molar-refractivity contribution is 7.92. The first-order chi connectivity index (χ1) is 7.58. The zero-order valence-electron chi connectivity index (χ0n) is 8.89. The molecule has 1 aliphatic heterocycles. The molecule has 2 rings (SSSR count).